The van der Waals surface area contributed by atoms with E-state index in [1.807, 2.05) is 0 Å². The third-order valence-corrected chi connectivity index (χ3v) is 2.69. The smallest absolute Gasteiger partial charge is 0.227 e. The first-order chi connectivity index (χ1) is 7.93. The van der Waals surface area contributed by atoms with E-state index in [0.717, 1.165) is 50.4 Å². The van der Waals surface area contributed by atoms with Gasteiger partial charge in [0.25, 0.3) is 0 Å². The minimum absolute atomic E-state index is 0.674. The SMILES string of the molecule is c1nc(N2CCOCC2)nc2c1OCCN2. The summed E-state index contributed by atoms with van der Waals surface area (Å²) in [5.41, 5.74) is 0. The Morgan fingerprint density at radius 3 is 3.00 bits per heavy atom. The van der Waals surface area contributed by atoms with Gasteiger partial charge in [0.15, 0.2) is 11.6 Å². The molecule has 0 aromatic carbocycles. The molecule has 86 valence electrons. The number of hydrogen-bond acceptors (Lipinski definition) is 6. The molecule has 0 amide bonds. The highest BCUT2D eigenvalue weighted by Crippen LogP contribution is 2.25. The lowest BCUT2D eigenvalue weighted by Crippen LogP contribution is -2.37. The molecule has 3 heterocycles. The van der Waals surface area contributed by atoms with Gasteiger partial charge in [0.05, 0.1) is 26.0 Å². The third kappa shape index (κ3) is 1.76. The molecule has 0 aliphatic carbocycles. The van der Waals surface area contributed by atoms with Gasteiger partial charge >= 0.3 is 0 Å². The maximum absolute atomic E-state index is 5.44. The first-order valence-electron chi connectivity index (χ1n) is 5.50. The van der Waals surface area contributed by atoms with Crippen LogP contribution in [0.25, 0.3) is 0 Å². The van der Waals surface area contributed by atoms with Crippen LogP contribution in [0.3, 0.4) is 0 Å². The fourth-order valence-corrected chi connectivity index (χ4v) is 1.84. The summed E-state index contributed by atoms with van der Waals surface area (Å²) in [7, 11) is 0. The number of hydrogen-bond donors (Lipinski definition) is 1. The molecule has 0 radical (unpaired) electrons. The van der Waals surface area contributed by atoms with Crippen molar-refractivity contribution < 1.29 is 9.47 Å². The largest absolute Gasteiger partial charge is 0.486 e. The Bertz CT molecular complexity index is 379. The Balaban J connectivity index is 1.84. The van der Waals surface area contributed by atoms with Gasteiger partial charge in [-0.15, -0.1) is 0 Å². The van der Waals surface area contributed by atoms with E-state index in [2.05, 4.69) is 20.2 Å². The Hall–Kier alpha value is -1.56. The van der Waals surface area contributed by atoms with Crippen LogP contribution < -0.4 is 15.0 Å². The van der Waals surface area contributed by atoms with Gasteiger partial charge < -0.3 is 19.7 Å². The molecule has 1 fully saturated rings. The number of nitrogens with zero attached hydrogens (tertiary/aromatic N) is 3. The van der Waals surface area contributed by atoms with E-state index >= 15 is 0 Å². The van der Waals surface area contributed by atoms with E-state index in [0.29, 0.717) is 6.61 Å². The molecule has 2 aliphatic rings. The summed E-state index contributed by atoms with van der Waals surface area (Å²) in [6.45, 7) is 4.65. The lowest BCUT2D eigenvalue weighted by Gasteiger charge is -2.27. The molecular formula is C10H14N4O2. The van der Waals surface area contributed by atoms with Gasteiger partial charge in [-0.3, -0.25) is 0 Å². The predicted molar refractivity (Wildman–Crippen MR) is 59.0 cm³/mol. The fraction of sp³-hybridized carbons (Fsp3) is 0.600. The van der Waals surface area contributed by atoms with Crippen LogP contribution in [0.15, 0.2) is 6.20 Å². The molecular weight excluding hydrogens is 208 g/mol. The summed E-state index contributed by atoms with van der Waals surface area (Å²) < 4.78 is 10.7. The molecule has 0 bridgehead atoms. The summed E-state index contributed by atoms with van der Waals surface area (Å²) in [5, 5.41) is 3.21. The van der Waals surface area contributed by atoms with Gasteiger partial charge in [-0.05, 0) is 0 Å². The second-order valence-corrected chi connectivity index (χ2v) is 3.76. The lowest BCUT2D eigenvalue weighted by molar-refractivity contribution is 0.122. The molecule has 1 aromatic rings. The molecule has 0 atom stereocenters. The van der Waals surface area contributed by atoms with Crippen LogP contribution >= 0.6 is 0 Å². The van der Waals surface area contributed by atoms with Gasteiger partial charge in [-0.2, -0.15) is 4.98 Å². The van der Waals surface area contributed by atoms with Crippen LogP contribution in [0.1, 0.15) is 0 Å². The molecule has 1 aromatic heterocycles. The maximum Gasteiger partial charge on any atom is 0.227 e. The molecule has 2 aliphatic heterocycles. The number of ether oxygens (including phenoxy) is 2. The molecule has 6 heteroatoms. The van der Waals surface area contributed by atoms with Crippen molar-refractivity contribution in [1.82, 2.24) is 9.97 Å². The van der Waals surface area contributed by atoms with Crippen LogP contribution in [0.4, 0.5) is 11.8 Å². The van der Waals surface area contributed by atoms with Crippen molar-refractivity contribution in [2.24, 2.45) is 0 Å². The van der Waals surface area contributed by atoms with Crippen LogP contribution in [0.2, 0.25) is 0 Å². The van der Waals surface area contributed by atoms with Crippen LogP contribution in [0.5, 0.6) is 5.75 Å². The quantitative estimate of drug-likeness (QED) is 0.728. The number of anilines is 2. The Kier molecular flexibility index (Phi) is 2.49. The van der Waals surface area contributed by atoms with Crippen molar-refractivity contribution in [3.05, 3.63) is 6.20 Å². The number of nitrogens with one attached hydrogen (secondary N) is 1. The summed E-state index contributed by atoms with van der Waals surface area (Å²) in [4.78, 5) is 10.9. The highest BCUT2D eigenvalue weighted by molar-refractivity contribution is 5.53. The molecule has 1 N–H and O–H groups in total. The maximum atomic E-state index is 5.44. The monoisotopic (exact) mass is 222 g/mol. The average Bonchev–Trinajstić information content (AvgIpc) is 2.39. The van der Waals surface area contributed by atoms with E-state index in [4.69, 9.17) is 9.47 Å². The Morgan fingerprint density at radius 1 is 1.25 bits per heavy atom. The van der Waals surface area contributed by atoms with E-state index < -0.39 is 0 Å². The van der Waals surface area contributed by atoms with Crippen molar-refractivity contribution in [3.8, 4) is 5.75 Å². The number of rotatable bonds is 1. The van der Waals surface area contributed by atoms with Gasteiger partial charge in [-0.1, -0.05) is 0 Å². The number of aromatic nitrogens is 2. The van der Waals surface area contributed by atoms with Gasteiger partial charge in [0, 0.05) is 13.1 Å². The number of fused-ring (bicyclic) bond motifs is 1. The van der Waals surface area contributed by atoms with Crippen LogP contribution in [-0.4, -0.2) is 49.4 Å². The van der Waals surface area contributed by atoms with Crippen molar-refractivity contribution in [2.75, 3.05) is 49.7 Å². The Morgan fingerprint density at radius 2 is 2.12 bits per heavy atom. The van der Waals surface area contributed by atoms with Crippen molar-refractivity contribution in [1.29, 1.82) is 0 Å². The molecule has 0 saturated carbocycles. The van der Waals surface area contributed by atoms with Crippen LogP contribution in [0, 0.1) is 0 Å². The van der Waals surface area contributed by atoms with Crippen molar-refractivity contribution in [3.63, 3.8) is 0 Å². The summed E-state index contributed by atoms with van der Waals surface area (Å²) >= 11 is 0. The minimum atomic E-state index is 0.674. The zero-order chi connectivity index (χ0) is 10.8. The highest BCUT2D eigenvalue weighted by atomic mass is 16.5. The van der Waals surface area contributed by atoms with Gasteiger partial charge in [-0.25, -0.2) is 4.98 Å². The zero-order valence-corrected chi connectivity index (χ0v) is 8.98. The molecule has 0 unspecified atom stereocenters. The summed E-state index contributed by atoms with van der Waals surface area (Å²) in [6.07, 6.45) is 1.74. The molecule has 0 spiro atoms. The minimum Gasteiger partial charge on any atom is -0.486 e. The first-order valence-corrected chi connectivity index (χ1v) is 5.50. The lowest BCUT2D eigenvalue weighted by atomic mass is 10.4. The second kappa shape index (κ2) is 4.13. The molecule has 1 saturated heterocycles. The summed E-state index contributed by atoms with van der Waals surface area (Å²) in [6, 6.07) is 0. The van der Waals surface area contributed by atoms with E-state index in [9.17, 15) is 0 Å². The topological polar surface area (TPSA) is 59.5 Å². The van der Waals surface area contributed by atoms with Gasteiger partial charge in [0.2, 0.25) is 5.95 Å². The number of morpholine rings is 1. The Labute approximate surface area is 93.6 Å². The third-order valence-electron chi connectivity index (χ3n) is 2.69. The zero-order valence-electron chi connectivity index (χ0n) is 8.98. The first kappa shape index (κ1) is 9.65. The van der Waals surface area contributed by atoms with Crippen LogP contribution in [-0.2, 0) is 4.74 Å². The van der Waals surface area contributed by atoms with E-state index in [-0.39, 0.29) is 0 Å². The average molecular weight is 222 g/mol. The predicted octanol–water partition coefficient (Wildman–Crippen LogP) is 0.117. The summed E-state index contributed by atoms with van der Waals surface area (Å²) in [5.74, 6) is 2.28. The van der Waals surface area contributed by atoms with E-state index in [1.165, 1.54) is 0 Å². The highest BCUT2D eigenvalue weighted by Gasteiger charge is 2.17. The normalized spacial score (nSPS) is 19.6. The molecule has 3 rings (SSSR count). The van der Waals surface area contributed by atoms with Gasteiger partial charge in [0.1, 0.15) is 6.61 Å². The molecule has 16 heavy (non-hydrogen) atoms. The van der Waals surface area contributed by atoms with E-state index in [1.54, 1.807) is 6.20 Å². The second-order valence-electron chi connectivity index (χ2n) is 3.76. The van der Waals surface area contributed by atoms with Crippen molar-refractivity contribution in [2.45, 2.75) is 0 Å². The molecule has 6 nitrogen and oxygen atoms in total. The van der Waals surface area contributed by atoms with Crippen molar-refractivity contribution >= 4 is 11.8 Å². The standard InChI is InChI=1S/C10H14N4O2/c1-4-16-8-7-12-10(13-9(8)11-1)14-2-5-15-6-3-14/h7H,1-6H2,(H,11,12,13). The fourth-order valence-electron chi connectivity index (χ4n) is 1.84.